The van der Waals surface area contributed by atoms with E-state index in [1.165, 1.54) is 0 Å². The van der Waals surface area contributed by atoms with Crippen molar-refractivity contribution in [1.82, 2.24) is 9.55 Å². The summed E-state index contributed by atoms with van der Waals surface area (Å²) in [6.45, 7) is 2.41. The molecule has 150 valence electrons. The summed E-state index contributed by atoms with van der Waals surface area (Å²) in [7, 11) is 3.20. The first-order chi connectivity index (χ1) is 14.1. The Morgan fingerprint density at radius 1 is 1.10 bits per heavy atom. The number of methoxy groups -OCH3 is 2. The number of rotatable bonds is 6. The van der Waals surface area contributed by atoms with Gasteiger partial charge in [0.05, 0.1) is 36.4 Å². The third kappa shape index (κ3) is 3.45. The van der Waals surface area contributed by atoms with Crippen molar-refractivity contribution in [1.29, 1.82) is 0 Å². The second-order valence-corrected chi connectivity index (χ2v) is 6.76. The second kappa shape index (κ2) is 7.97. The molecule has 0 saturated carbocycles. The van der Waals surface area contributed by atoms with Crippen molar-refractivity contribution in [3.05, 3.63) is 65.4 Å². The number of hydrogen-bond acceptors (Lipinski definition) is 6. The van der Waals surface area contributed by atoms with Crippen molar-refractivity contribution in [3.8, 4) is 5.75 Å². The summed E-state index contributed by atoms with van der Waals surface area (Å²) in [4.78, 5) is 17.7. The molecule has 0 aliphatic carbocycles. The van der Waals surface area contributed by atoms with Gasteiger partial charge in [0.15, 0.2) is 0 Å². The van der Waals surface area contributed by atoms with E-state index in [9.17, 15) is 4.79 Å². The highest BCUT2D eigenvalue weighted by Gasteiger charge is 2.34. The summed E-state index contributed by atoms with van der Waals surface area (Å²) in [5.74, 6) is 1.07. The van der Waals surface area contributed by atoms with Gasteiger partial charge in [-0.1, -0.05) is 24.3 Å². The van der Waals surface area contributed by atoms with Crippen LogP contribution in [0.2, 0.25) is 0 Å². The van der Waals surface area contributed by atoms with E-state index in [0.717, 1.165) is 28.0 Å². The molecule has 2 aromatic carbocycles. The molecule has 3 aromatic rings. The van der Waals surface area contributed by atoms with Crippen molar-refractivity contribution in [2.75, 3.05) is 32.8 Å². The lowest BCUT2D eigenvalue weighted by Crippen LogP contribution is -2.29. The van der Waals surface area contributed by atoms with Gasteiger partial charge in [0.25, 0.3) is 0 Å². The molecule has 0 spiro atoms. The molecule has 1 N–H and O–H groups in total. The van der Waals surface area contributed by atoms with Crippen molar-refractivity contribution in [2.45, 2.75) is 13.0 Å². The Bertz CT molecular complexity index is 1070. The number of anilines is 1. The monoisotopic (exact) mass is 393 g/mol. The van der Waals surface area contributed by atoms with Crippen LogP contribution in [0.25, 0.3) is 11.0 Å². The summed E-state index contributed by atoms with van der Waals surface area (Å²) in [6.07, 6.45) is 0. The van der Waals surface area contributed by atoms with Crippen LogP contribution in [-0.4, -0.2) is 43.0 Å². The van der Waals surface area contributed by atoms with Gasteiger partial charge in [-0.3, -0.25) is 4.57 Å². The van der Waals surface area contributed by atoms with E-state index in [0.29, 0.717) is 18.1 Å². The van der Waals surface area contributed by atoms with Crippen LogP contribution >= 0.6 is 0 Å². The zero-order chi connectivity index (χ0) is 20.4. The molecule has 0 amide bonds. The fraction of sp³-hybridized carbons (Fsp3) is 0.273. The Morgan fingerprint density at radius 3 is 2.59 bits per heavy atom. The summed E-state index contributed by atoms with van der Waals surface area (Å²) < 4.78 is 17.8. The predicted octanol–water partition coefficient (Wildman–Crippen LogP) is 3.52. The summed E-state index contributed by atoms with van der Waals surface area (Å²) in [6, 6.07) is 15.2. The van der Waals surface area contributed by atoms with Crippen molar-refractivity contribution in [3.63, 3.8) is 0 Å². The molecule has 2 heterocycles. The fourth-order valence-corrected chi connectivity index (χ4v) is 3.63. The Kier molecular flexibility index (Phi) is 5.22. The molecule has 0 saturated heterocycles. The number of ether oxygens (including phenoxy) is 3. The van der Waals surface area contributed by atoms with E-state index in [2.05, 4.69) is 5.32 Å². The van der Waals surface area contributed by atoms with Gasteiger partial charge in [-0.15, -0.1) is 0 Å². The first kappa shape index (κ1) is 19.0. The lowest BCUT2D eigenvalue weighted by molar-refractivity contribution is -0.140. The largest absolute Gasteiger partial charge is 0.497 e. The fourth-order valence-electron chi connectivity index (χ4n) is 3.63. The molecule has 1 atom stereocenters. The van der Waals surface area contributed by atoms with Crippen molar-refractivity contribution in [2.24, 2.45) is 0 Å². The maximum Gasteiger partial charge on any atom is 0.338 e. The maximum absolute atomic E-state index is 13.0. The topological polar surface area (TPSA) is 74.6 Å². The van der Waals surface area contributed by atoms with E-state index >= 15 is 0 Å². The molecule has 0 bridgehead atoms. The normalized spacial score (nSPS) is 15.8. The van der Waals surface area contributed by atoms with E-state index in [4.69, 9.17) is 19.2 Å². The average Bonchev–Trinajstić information content (AvgIpc) is 3.10. The molecule has 7 heteroatoms. The minimum atomic E-state index is -0.378. The van der Waals surface area contributed by atoms with Gasteiger partial charge in [0.2, 0.25) is 5.95 Å². The molecule has 7 nitrogen and oxygen atoms in total. The molecule has 0 fully saturated rings. The molecule has 1 aliphatic rings. The quantitative estimate of drug-likeness (QED) is 0.510. The van der Waals surface area contributed by atoms with Crippen LogP contribution < -0.4 is 10.1 Å². The third-order valence-corrected chi connectivity index (χ3v) is 5.00. The van der Waals surface area contributed by atoms with Gasteiger partial charge in [-0.25, -0.2) is 9.78 Å². The number of allylic oxidation sites excluding steroid dienone is 1. The van der Waals surface area contributed by atoms with E-state index < -0.39 is 0 Å². The number of carbonyl (C=O) groups is 1. The molecule has 1 aliphatic heterocycles. The minimum absolute atomic E-state index is 0.193. The summed E-state index contributed by atoms with van der Waals surface area (Å²) in [5, 5.41) is 3.27. The molecule has 0 radical (unpaired) electrons. The van der Waals surface area contributed by atoms with Crippen LogP contribution in [0.4, 0.5) is 5.95 Å². The molecule has 29 heavy (non-hydrogen) atoms. The molecule has 1 unspecified atom stereocenters. The van der Waals surface area contributed by atoms with Crippen molar-refractivity contribution < 1.29 is 19.0 Å². The van der Waals surface area contributed by atoms with Gasteiger partial charge >= 0.3 is 5.97 Å². The van der Waals surface area contributed by atoms with E-state index in [-0.39, 0.29) is 18.6 Å². The first-order valence-corrected chi connectivity index (χ1v) is 9.38. The lowest BCUT2D eigenvalue weighted by Gasteiger charge is -2.30. The summed E-state index contributed by atoms with van der Waals surface area (Å²) in [5.41, 5.74) is 3.99. The van der Waals surface area contributed by atoms with Crippen LogP contribution in [0.15, 0.2) is 59.8 Å². The van der Waals surface area contributed by atoms with Gasteiger partial charge in [-0.05, 0) is 36.8 Å². The number of hydrogen-bond donors (Lipinski definition) is 1. The Balaban J connectivity index is 1.85. The number of aromatic nitrogens is 2. The smallest absolute Gasteiger partial charge is 0.338 e. The number of nitrogens with zero attached hydrogens (tertiary/aromatic N) is 2. The zero-order valence-corrected chi connectivity index (χ0v) is 16.6. The third-order valence-electron chi connectivity index (χ3n) is 5.00. The highest BCUT2D eigenvalue weighted by molar-refractivity contribution is 5.94. The van der Waals surface area contributed by atoms with Gasteiger partial charge in [0.1, 0.15) is 12.4 Å². The Morgan fingerprint density at radius 2 is 1.86 bits per heavy atom. The molecule has 4 rings (SSSR count). The Hall–Kier alpha value is -3.32. The minimum Gasteiger partial charge on any atom is -0.497 e. The first-order valence-electron chi connectivity index (χ1n) is 9.38. The summed E-state index contributed by atoms with van der Waals surface area (Å²) >= 11 is 0. The molecular weight excluding hydrogens is 370 g/mol. The number of imidazole rings is 1. The van der Waals surface area contributed by atoms with Crippen molar-refractivity contribution >= 4 is 23.0 Å². The average molecular weight is 393 g/mol. The van der Waals surface area contributed by atoms with Gasteiger partial charge < -0.3 is 19.5 Å². The molecule has 1 aromatic heterocycles. The van der Waals surface area contributed by atoms with Gasteiger partial charge in [0, 0.05) is 12.8 Å². The Labute approximate surface area is 168 Å². The number of esters is 1. The number of nitrogens with one attached hydrogen (secondary N) is 1. The van der Waals surface area contributed by atoms with Gasteiger partial charge in [-0.2, -0.15) is 0 Å². The molecular formula is C22H23N3O4. The maximum atomic E-state index is 13.0. The predicted molar refractivity (Wildman–Crippen MR) is 110 cm³/mol. The lowest BCUT2D eigenvalue weighted by atomic mass is 9.95. The zero-order valence-electron chi connectivity index (χ0n) is 16.6. The second-order valence-electron chi connectivity index (χ2n) is 6.76. The SMILES string of the molecule is COCCOC(=O)C1=C(C)Nc2nc3ccccc3n2C1c1ccc(OC)cc1. The highest BCUT2D eigenvalue weighted by atomic mass is 16.6. The van der Waals surface area contributed by atoms with Crippen LogP contribution in [0.1, 0.15) is 18.5 Å². The number of carbonyl (C=O) groups excluding carboxylic acids is 1. The van der Waals surface area contributed by atoms with E-state index in [1.807, 2.05) is 60.0 Å². The number of para-hydroxylation sites is 2. The highest BCUT2D eigenvalue weighted by Crippen LogP contribution is 2.39. The van der Waals surface area contributed by atoms with Crippen LogP contribution in [0.5, 0.6) is 5.75 Å². The standard InChI is InChI=1S/C22H23N3O4/c1-14-19(21(26)29-13-12-27-2)20(15-8-10-16(28-3)11-9-15)25-18-7-5-4-6-17(18)24-22(25)23-14/h4-11,20H,12-13H2,1-3H3,(H,23,24). The number of benzene rings is 2. The number of fused-ring (bicyclic) bond motifs is 3. The van der Waals surface area contributed by atoms with E-state index in [1.54, 1.807) is 14.2 Å². The van der Waals surface area contributed by atoms with Crippen LogP contribution in [-0.2, 0) is 14.3 Å². The van der Waals surface area contributed by atoms with Crippen LogP contribution in [0, 0.1) is 0 Å². The van der Waals surface area contributed by atoms with Crippen LogP contribution in [0.3, 0.4) is 0 Å².